The van der Waals surface area contributed by atoms with Crippen LogP contribution in [0.2, 0.25) is 0 Å². The minimum atomic E-state index is 0.428. The predicted octanol–water partition coefficient (Wildman–Crippen LogP) is 0.969. The van der Waals surface area contributed by atoms with Crippen molar-refractivity contribution in [3.8, 4) is 0 Å². The van der Waals surface area contributed by atoms with Crippen LogP contribution < -0.4 is 5.32 Å². The Labute approximate surface area is 102 Å². The summed E-state index contributed by atoms with van der Waals surface area (Å²) in [6.45, 7) is 2.45. The van der Waals surface area contributed by atoms with Gasteiger partial charge in [0.2, 0.25) is 0 Å². The van der Waals surface area contributed by atoms with E-state index in [4.69, 9.17) is 9.47 Å². The first-order valence-electron chi connectivity index (χ1n) is 6.08. The van der Waals surface area contributed by atoms with Crippen molar-refractivity contribution in [2.24, 2.45) is 0 Å². The van der Waals surface area contributed by atoms with Gasteiger partial charge in [-0.3, -0.25) is 0 Å². The summed E-state index contributed by atoms with van der Waals surface area (Å²) in [5.41, 5.74) is 1.24. The molecule has 17 heavy (non-hydrogen) atoms. The van der Waals surface area contributed by atoms with Gasteiger partial charge in [-0.2, -0.15) is 0 Å². The summed E-state index contributed by atoms with van der Waals surface area (Å²) in [5, 5.41) is 3.34. The molecule has 0 spiro atoms. The Morgan fingerprint density at radius 2 is 2.29 bits per heavy atom. The van der Waals surface area contributed by atoms with Gasteiger partial charge in [-0.05, 0) is 12.8 Å². The summed E-state index contributed by atoms with van der Waals surface area (Å²) in [5.74, 6) is 0. The van der Waals surface area contributed by atoms with Gasteiger partial charge in [-0.1, -0.05) is 0 Å². The van der Waals surface area contributed by atoms with Gasteiger partial charge < -0.3 is 19.4 Å². The SMILES string of the molecule is COCCNCc1cncn1C1CC(OC)C1. The number of nitrogens with one attached hydrogen (secondary N) is 1. The average molecular weight is 239 g/mol. The van der Waals surface area contributed by atoms with Crippen molar-refractivity contribution in [3.05, 3.63) is 18.2 Å². The molecule has 5 heteroatoms. The third kappa shape index (κ3) is 3.06. The summed E-state index contributed by atoms with van der Waals surface area (Å²) < 4.78 is 12.6. The number of nitrogens with zero attached hydrogens (tertiary/aromatic N) is 2. The van der Waals surface area contributed by atoms with Gasteiger partial charge in [0.1, 0.15) is 0 Å². The van der Waals surface area contributed by atoms with Crippen molar-refractivity contribution in [2.45, 2.75) is 31.5 Å². The fourth-order valence-electron chi connectivity index (χ4n) is 2.15. The van der Waals surface area contributed by atoms with Crippen LogP contribution in [0.4, 0.5) is 0 Å². The van der Waals surface area contributed by atoms with Gasteiger partial charge in [-0.15, -0.1) is 0 Å². The van der Waals surface area contributed by atoms with Gasteiger partial charge in [0.15, 0.2) is 0 Å². The second-order valence-corrected chi connectivity index (χ2v) is 4.44. The molecule has 0 aliphatic heterocycles. The molecule has 0 saturated heterocycles. The molecule has 0 radical (unpaired) electrons. The Hall–Kier alpha value is -0.910. The van der Waals surface area contributed by atoms with E-state index in [-0.39, 0.29) is 0 Å². The zero-order valence-electron chi connectivity index (χ0n) is 10.6. The Balaban J connectivity index is 1.81. The molecule has 1 saturated carbocycles. The van der Waals surface area contributed by atoms with Crippen LogP contribution in [0.5, 0.6) is 0 Å². The smallest absolute Gasteiger partial charge is 0.0951 e. The monoisotopic (exact) mass is 239 g/mol. The number of rotatable bonds is 7. The molecule has 0 aromatic carbocycles. The van der Waals surface area contributed by atoms with Gasteiger partial charge in [0.05, 0.1) is 24.7 Å². The predicted molar refractivity (Wildman–Crippen MR) is 64.9 cm³/mol. The number of hydrogen-bond acceptors (Lipinski definition) is 4. The quantitative estimate of drug-likeness (QED) is 0.720. The first-order chi connectivity index (χ1) is 8.35. The van der Waals surface area contributed by atoms with Crippen LogP contribution in [0.25, 0.3) is 0 Å². The minimum absolute atomic E-state index is 0.428. The van der Waals surface area contributed by atoms with Crippen LogP contribution in [0.3, 0.4) is 0 Å². The molecule has 1 aromatic rings. The standard InChI is InChI=1S/C12H21N3O2/c1-16-4-3-13-7-11-8-14-9-15(11)10-5-12(6-10)17-2/h8-10,12-13H,3-7H2,1-2H3. The number of ether oxygens (including phenoxy) is 2. The van der Waals surface area contributed by atoms with Crippen molar-refractivity contribution in [1.82, 2.24) is 14.9 Å². The third-order valence-electron chi connectivity index (χ3n) is 3.33. The fourth-order valence-corrected chi connectivity index (χ4v) is 2.15. The molecule has 1 N–H and O–H groups in total. The molecule has 1 aliphatic carbocycles. The van der Waals surface area contributed by atoms with E-state index >= 15 is 0 Å². The second-order valence-electron chi connectivity index (χ2n) is 4.44. The molecule has 1 aromatic heterocycles. The number of aromatic nitrogens is 2. The maximum absolute atomic E-state index is 5.30. The van der Waals surface area contributed by atoms with Crippen LogP contribution in [0.1, 0.15) is 24.6 Å². The number of methoxy groups -OCH3 is 2. The summed E-state index contributed by atoms with van der Waals surface area (Å²) in [7, 11) is 3.49. The number of imidazole rings is 1. The zero-order valence-corrected chi connectivity index (χ0v) is 10.6. The first kappa shape index (κ1) is 12.5. The minimum Gasteiger partial charge on any atom is -0.383 e. The van der Waals surface area contributed by atoms with Gasteiger partial charge in [-0.25, -0.2) is 4.98 Å². The Morgan fingerprint density at radius 3 is 3.00 bits per heavy atom. The maximum Gasteiger partial charge on any atom is 0.0951 e. The molecule has 0 bridgehead atoms. The van der Waals surface area contributed by atoms with Crippen molar-refractivity contribution in [1.29, 1.82) is 0 Å². The van der Waals surface area contributed by atoms with Crippen molar-refractivity contribution < 1.29 is 9.47 Å². The highest BCUT2D eigenvalue weighted by atomic mass is 16.5. The van der Waals surface area contributed by atoms with E-state index in [0.717, 1.165) is 32.5 Å². The van der Waals surface area contributed by atoms with Crippen LogP contribution in [-0.2, 0) is 16.0 Å². The molecule has 1 heterocycles. The molecule has 0 amide bonds. The van der Waals surface area contributed by atoms with E-state index in [1.165, 1.54) is 5.69 Å². The Bertz CT molecular complexity index is 334. The van der Waals surface area contributed by atoms with E-state index in [1.807, 2.05) is 12.5 Å². The van der Waals surface area contributed by atoms with Crippen molar-refractivity contribution in [3.63, 3.8) is 0 Å². The van der Waals surface area contributed by atoms with Crippen LogP contribution in [0.15, 0.2) is 12.5 Å². The molecule has 96 valence electrons. The average Bonchev–Trinajstić information content (AvgIpc) is 2.72. The third-order valence-corrected chi connectivity index (χ3v) is 3.33. The Kier molecular flexibility index (Phi) is 4.53. The van der Waals surface area contributed by atoms with E-state index in [1.54, 1.807) is 14.2 Å². The molecule has 0 unspecified atom stereocenters. The topological polar surface area (TPSA) is 48.3 Å². The molecule has 0 atom stereocenters. The van der Waals surface area contributed by atoms with Gasteiger partial charge >= 0.3 is 0 Å². The summed E-state index contributed by atoms with van der Waals surface area (Å²) in [6, 6.07) is 0.557. The summed E-state index contributed by atoms with van der Waals surface area (Å²) >= 11 is 0. The maximum atomic E-state index is 5.30. The summed E-state index contributed by atoms with van der Waals surface area (Å²) in [6.07, 6.45) is 6.47. The number of hydrogen-bond donors (Lipinski definition) is 1. The molecule has 5 nitrogen and oxygen atoms in total. The van der Waals surface area contributed by atoms with Crippen LogP contribution in [-0.4, -0.2) is 43.0 Å². The van der Waals surface area contributed by atoms with E-state index in [9.17, 15) is 0 Å². The van der Waals surface area contributed by atoms with E-state index in [0.29, 0.717) is 12.1 Å². The zero-order chi connectivity index (χ0) is 12.1. The lowest BCUT2D eigenvalue weighted by atomic mass is 9.89. The normalized spacial score (nSPS) is 23.6. The second kappa shape index (κ2) is 6.14. The molecule has 1 fully saturated rings. The van der Waals surface area contributed by atoms with Crippen LogP contribution >= 0.6 is 0 Å². The molecular weight excluding hydrogens is 218 g/mol. The van der Waals surface area contributed by atoms with Crippen molar-refractivity contribution >= 4 is 0 Å². The Morgan fingerprint density at radius 1 is 1.47 bits per heavy atom. The van der Waals surface area contributed by atoms with Crippen molar-refractivity contribution in [2.75, 3.05) is 27.4 Å². The lowest BCUT2D eigenvalue weighted by molar-refractivity contribution is 0.00535. The highest BCUT2D eigenvalue weighted by Crippen LogP contribution is 2.34. The van der Waals surface area contributed by atoms with E-state index in [2.05, 4.69) is 14.9 Å². The largest absolute Gasteiger partial charge is 0.383 e. The van der Waals surface area contributed by atoms with Gasteiger partial charge in [0, 0.05) is 39.5 Å². The molecule has 2 rings (SSSR count). The lowest BCUT2D eigenvalue weighted by Crippen LogP contribution is -2.33. The fraction of sp³-hybridized carbons (Fsp3) is 0.750. The summed E-state index contributed by atoms with van der Waals surface area (Å²) in [4.78, 5) is 4.23. The first-order valence-corrected chi connectivity index (χ1v) is 6.08. The lowest BCUT2D eigenvalue weighted by Gasteiger charge is -2.35. The highest BCUT2D eigenvalue weighted by molar-refractivity contribution is 5.03. The van der Waals surface area contributed by atoms with Crippen LogP contribution in [0, 0.1) is 0 Å². The molecule has 1 aliphatic rings. The molecular formula is C12H21N3O2. The van der Waals surface area contributed by atoms with E-state index < -0.39 is 0 Å². The van der Waals surface area contributed by atoms with Gasteiger partial charge in [0.25, 0.3) is 0 Å². The highest BCUT2D eigenvalue weighted by Gasteiger charge is 2.31.